The van der Waals surface area contributed by atoms with E-state index in [1.54, 1.807) is 42.5 Å². The largest absolute Gasteiger partial charge is 0.497 e. The maximum Gasteiger partial charge on any atom is 0.265 e. The Bertz CT molecular complexity index is 1560. The number of rotatable bonds is 5. The molecule has 0 radical (unpaired) electrons. The molecule has 182 valence electrons. The molecule has 5 rings (SSSR count). The van der Waals surface area contributed by atoms with Crippen molar-refractivity contribution >= 4 is 21.5 Å². The van der Waals surface area contributed by atoms with Crippen LogP contribution in [-0.4, -0.2) is 22.6 Å². The summed E-state index contributed by atoms with van der Waals surface area (Å²) in [4.78, 5) is -0.0746. The van der Waals surface area contributed by atoms with E-state index in [-0.39, 0.29) is 28.7 Å². The second-order valence-corrected chi connectivity index (χ2v) is 10.1. The van der Waals surface area contributed by atoms with Gasteiger partial charge in [-0.1, -0.05) is 42.5 Å². The van der Waals surface area contributed by atoms with Crippen LogP contribution in [0.2, 0.25) is 0 Å². The highest BCUT2D eigenvalue weighted by molar-refractivity contribution is 7.96. The van der Waals surface area contributed by atoms with Gasteiger partial charge in [-0.2, -0.15) is 5.26 Å². The maximum atomic E-state index is 14.4. The molecule has 2 N–H and O–H groups in total. The second kappa shape index (κ2) is 8.98. The molecule has 3 aromatic rings. The quantitative estimate of drug-likeness (QED) is 0.556. The average Bonchev–Trinajstić information content (AvgIpc) is 2.90. The number of hydrogen-bond donors (Lipinski definition) is 1. The molecule has 0 amide bonds. The van der Waals surface area contributed by atoms with Crippen LogP contribution in [0.5, 0.6) is 11.5 Å². The van der Waals surface area contributed by atoms with Gasteiger partial charge < -0.3 is 19.9 Å². The van der Waals surface area contributed by atoms with E-state index in [4.69, 9.17) is 19.9 Å². The van der Waals surface area contributed by atoms with Crippen LogP contribution >= 0.6 is 0 Å². The first-order valence-electron chi connectivity index (χ1n) is 11.1. The molecule has 0 aromatic heterocycles. The first-order chi connectivity index (χ1) is 17.4. The number of para-hydroxylation sites is 1. The standard InChI is InChI=1S/C27H23N3O5S/c1-33-18-12-13-23(34-2)20(14-18)24-21(15-28)27(29)35-25-19-10-6-7-11-22(19)30(36(31,32)26(24)25)16-17-8-4-3-5-9-17/h3-14,24H,16,29H2,1-2H3/t24-/m1/s1. The minimum absolute atomic E-state index is 0.0251. The van der Waals surface area contributed by atoms with Crippen molar-refractivity contribution in [2.75, 3.05) is 18.5 Å². The first kappa shape index (κ1) is 23.3. The van der Waals surface area contributed by atoms with Crippen LogP contribution in [0.1, 0.15) is 22.6 Å². The summed E-state index contributed by atoms with van der Waals surface area (Å²) < 4.78 is 46.9. The number of ether oxygens (including phenoxy) is 3. The SMILES string of the molecule is COc1ccc(OC)c([C@@H]2C(C#N)=C(N)OC3=C2S(=O)(=O)N(Cc2ccccc2)c2ccccc23)c1. The first-order valence-corrected chi connectivity index (χ1v) is 12.5. The third-order valence-electron chi connectivity index (χ3n) is 6.27. The fraction of sp³-hybridized carbons (Fsp3) is 0.148. The van der Waals surface area contributed by atoms with Crippen molar-refractivity contribution in [1.29, 1.82) is 5.26 Å². The van der Waals surface area contributed by atoms with E-state index in [2.05, 4.69) is 6.07 Å². The van der Waals surface area contributed by atoms with Crippen LogP contribution in [0.4, 0.5) is 5.69 Å². The molecule has 0 saturated carbocycles. The van der Waals surface area contributed by atoms with Gasteiger partial charge in [-0.3, -0.25) is 4.31 Å². The number of anilines is 1. The summed E-state index contributed by atoms with van der Waals surface area (Å²) >= 11 is 0. The number of fused-ring (bicyclic) bond motifs is 2. The molecule has 2 aliphatic rings. The van der Waals surface area contributed by atoms with E-state index in [0.717, 1.165) is 5.56 Å². The Labute approximate surface area is 209 Å². The minimum atomic E-state index is -4.19. The molecule has 0 spiro atoms. The van der Waals surface area contributed by atoms with E-state index in [1.165, 1.54) is 18.5 Å². The van der Waals surface area contributed by atoms with Crippen molar-refractivity contribution < 1.29 is 22.6 Å². The van der Waals surface area contributed by atoms with Crippen LogP contribution < -0.4 is 19.5 Å². The number of hydrogen-bond acceptors (Lipinski definition) is 7. The molecule has 2 heterocycles. The number of nitrogens with zero attached hydrogens (tertiary/aromatic N) is 2. The molecule has 1 atom stereocenters. The van der Waals surface area contributed by atoms with Gasteiger partial charge in [-0.05, 0) is 35.9 Å². The zero-order valence-electron chi connectivity index (χ0n) is 19.6. The smallest absolute Gasteiger partial charge is 0.265 e. The number of methoxy groups -OCH3 is 2. The van der Waals surface area contributed by atoms with Crippen molar-refractivity contribution in [1.82, 2.24) is 0 Å². The summed E-state index contributed by atoms with van der Waals surface area (Å²) in [6, 6.07) is 23.5. The Morgan fingerprint density at radius 3 is 2.44 bits per heavy atom. The number of allylic oxidation sites excluding steroid dienone is 2. The topological polar surface area (TPSA) is 115 Å². The van der Waals surface area contributed by atoms with E-state index < -0.39 is 15.9 Å². The Morgan fingerprint density at radius 2 is 1.75 bits per heavy atom. The Hall–Kier alpha value is -4.42. The molecular weight excluding hydrogens is 478 g/mol. The molecule has 9 heteroatoms. The summed E-state index contributed by atoms with van der Waals surface area (Å²) in [6.45, 7) is 0.0972. The van der Waals surface area contributed by atoms with Gasteiger partial charge in [0.1, 0.15) is 28.0 Å². The van der Waals surface area contributed by atoms with E-state index in [0.29, 0.717) is 28.3 Å². The molecule has 36 heavy (non-hydrogen) atoms. The van der Waals surface area contributed by atoms with Gasteiger partial charge in [0, 0.05) is 11.1 Å². The monoisotopic (exact) mass is 501 g/mol. The summed E-state index contributed by atoms with van der Waals surface area (Å²) in [7, 11) is -1.21. The molecular formula is C27H23N3O5S. The third-order valence-corrected chi connectivity index (χ3v) is 8.16. The minimum Gasteiger partial charge on any atom is -0.497 e. The zero-order chi connectivity index (χ0) is 25.4. The molecule has 0 aliphatic carbocycles. The predicted octanol–water partition coefficient (Wildman–Crippen LogP) is 4.23. The normalized spacial score (nSPS) is 18.0. The van der Waals surface area contributed by atoms with Crippen molar-refractivity contribution in [2.24, 2.45) is 5.73 Å². The predicted molar refractivity (Wildman–Crippen MR) is 135 cm³/mol. The lowest BCUT2D eigenvalue weighted by Crippen LogP contribution is -2.39. The molecule has 0 saturated heterocycles. The van der Waals surface area contributed by atoms with Crippen LogP contribution in [0.15, 0.2) is 89.2 Å². The molecule has 0 unspecified atom stereocenters. The van der Waals surface area contributed by atoms with Crippen molar-refractivity contribution in [3.63, 3.8) is 0 Å². The number of nitrogens with two attached hydrogens (primary N) is 1. The summed E-state index contributed by atoms with van der Waals surface area (Å²) in [5.74, 6) is -0.266. The molecule has 2 aliphatic heterocycles. The second-order valence-electron chi connectivity index (χ2n) is 8.24. The van der Waals surface area contributed by atoms with Crippen molar-refractivity contribution in [2.45, 2.75) is 12.5 Å². The molecule has 0 bridgehead atoms. The lowest BCUT2D eigenvalue weighted by Gasteiger charge is -2.38. The van der Waals surface area contributed by atoms with Gasteiger partial charge in [-0.25, -0.2) is 8.42 Å². The molecule has 3 aromatic carbocycles. The lowest BCUT2D eigenvalue weighted by molar-refractivity contribution is 0.355. The average molecular weight is 502 g/mol. The fourth-order valence-electron chi connectivity index (χ4n) is 4.61. The van der Waals surface area contributed by atoms with Gasteiger partial charge in [0.2, 0.25) is 5.88 Å². The highest BCUT2D eigenvalue weighted by Crippen LogP contribution is 2.53. The van der Waals surface area contributed by atoms with E-state index >= 15 is 0 Å². The molecule has 8 nitrogen and oxygen atoms in total. The van der Waals surface area contributed by atoms with Crippen LogP contribution in [0.25, 0.3) is 5.76 Å². The summed E-state index contributed by atoms with van der Waals surface area (Å²) in [5.41, 5.74) is 8.44. The van der Waals surface area contributed by atoms with Crippen molar-refractivity contribution in [3.05, 3.63) is 106 Å². The van der Waals surface area contributed by atoms with Gasteiger partial charge >= 0.3 is 0 Å². The Morgan fingerprint density at radius 1 is 1.03 bits per heavy atom. The Kier molecular flexibility index (Phi) is 5.82. The highest BCUT2D eigenvalue weighted by atomic mass is 32.2. The highest BCUT2D eigenvalue weighted by Gasteiger charge is 2.48. The van der Waals surface area contributed by atoms with Crippen LogP contribution in [-0.2, 0) is 21.3 Å². The summed E-state index contributed by atoms with van der Waals surface area (Å²) in [6.07, 6.45) is 0. The zero-order valence-corrected chi connectivity index (χ0v) is 20.5. The number of nitriles is 1. The summed E-state index contributed by atoms with van der Waals surface area (Å²) in [5, 5.41) is 10.1. The van der Waals surface area contributed by atoms with Crippen LogP contribution in [0, 0.1) is 11.3 Å². The van der Waals surface area contributed by atoms with Crippen molar-refractivity contribution in [3.8, 4) is 17.6 Å². The Balaban J connectivity index is 1.80. The number of benzene rings is 3. The maximum absolute atomic E-state index is 14.4. The number of sulfonamides is 1. The molecule has 0 fully saturated rings. The van der Waals surface area contributed by atoms with E-state index in [9.17, 15) is 13.7 Å². The van der Waals surface area contributed by atoms with Gasteiger partial charge in [0.05, 0.1) is 32.4 Å². The van der Waals surface area contributed by atoms with Gasteiger partial charge in [-0.15, -0.1) is 0 Å². The van der Waals surface area contributed by atoms with Crippen LogP contribution in [0.3, 0.4) is 0 Å². The lowest BCUT2D eigenvalue weighted by atomic mass is 9.87. The van der Waals surface area contributed by atoms with Gasteiger partial charge in [0.15, 0.2) is 5.76 Å². The van der Waals surface area contributed by atoms with Gasteiger partial charge in [0.25, 0.3) is 10.0 Å². The third kappa shape index (κ3) is 3.63. The fourth-order valence-corrected chi connectivity index (χ4v) is 6.51. The van der Waals surface area contributed by atoms with E-state index in [1.807, 2.05) is 30.3 Å².